The molecule has 2 amide bonds. The minimum absolute atomic E-state index is 0.0195. The molecule has 0 aromatic rings. The predicted octanol–water partition coefficient (Wildman–Crippen LogP) is 2.86. The van der Waals surface area contributed by atoms with Gasteiger partial charge in [0.25, 0.3) is 0 Å². The van der Waals surface area contributed by atoms with E-state index in [1.165, 1.54) is 19.3 Å². The Bertz CT molecular complexity index is 175. The van der Waals surface area contributed by atoms with Gasteiger partial charge in [-0.25, -0.2) is 9.90 Å². The lowest BCUT2D eigenvalue weighted by Gasteiger charge is -2.07. The van der Waals surface area contributed by atoms with E-state index in [-0.39, 0.29) is 12.6 Å². The maximum atomic E-state index is 11.3. The van der Waals surface area contributed by atoms with Gasteiger partial charge in [-0.1, -0.05) is 39.0 Å². The molecule has 0 aliphatic rings. The SMILES string of the molecule is CCCCCCNC(=O)NCCCCCC[O]. The fourth-order valence-electron chi connectivity index (χ4n) is 1.60. The molecule has 0 heterocycles. The zero-order valence-corrected chi connectivity index (χ0v) is 11.1. The highest BCUT2D eigenvalue weighted by molar-refractivity contribution is 5.73. The zero-order chi connectivity index (χ0) is 12.8. The van der Waals surface area contributed by atoms with E-state index >= 15 is 0 Å². The lowest BCUT2D eigenvalue weighted by molar-refractivity contribution is 0.186. The highest BCUT2D eigenvalue weighted by atomic mass is 16.2. The van der Waals surface area contributed by atoms with Crippen molar-refractivity contribution < 1.29 is 9.90 Å². The molecule has 0 aromatic heterocycles. The number of carbonyl (C=O) groups excluding carboxylic acids is 1. The number of urea groups is 1. The molecule has 0 saturated heterocycles. The summed E-state index contributed by atoms with van der Waals surface area (Å²) in [7, 11) is 0. The maximum Gasteiger partial charge on any atom is 0.314 e. The number of hydrogen-bond donors (Lipinski definition) is 2. The van der Waals surface area contributed by atoms with Crippen LogP contribution in [-0.2, 0) is 5.11 Å². The predicted molar refractivity (Wildman–Crippen MR) is 69.6 cm³/mol. The summed E-state index contributed by atoms with van der Waals surface area (Å²) >= 11 is 0. The molecule has 2 N–H and O–H groups in total. The second kappa shape index (κ2) is 13.3. The summed E-state index contributed by atoms with van der Waals surface area (Å²) in [4.78, 5) is 11.3. The zero-order valence-electron chi connectivity index (χ0n) is 11.1. The molecule has 0 unspecified atom stereocenters. The van der Waals surface area contributed by atoms with E-state index in [0.29, 0.717) is 6.54 Å². The van der Waals surface area contributed by atoms with Crippen LogP contribution < -0.4 is 10.6 Å². The van der Waals surface area contributed by atoms with Crippen molar-refractivity contribution in [1.82, 2.24) is 10.6 Å². The minimum atomic E-state index is -0.0645. The van der Waals surface area contributed by atoms with Crippen LogP contribution in [-0.4, -0.2) is 25.7 Å². The second-order valence-corrected chi connectivity index (χ2v) is 4.36. The molecule has 0 aromatic carbocycles. The minimum Gasteiger partial charge on any atom is -0.338 e. The molecule has 0 spiro atoms. The molecular formula is C13H27N2O2. The summed E-state index contributed by atoms with van der Waals surface area (Å²) < 4.78 is 0. The molecule has 1 radical (unpaired) electrons. The fourth-order valence-corrected chi connectivity index (χ4v) is 1.60. The van der Waals surface area contributed by atoms with E-state index in [2.05, 4.69) is 17.6 Å². The third-order valence-corrected chi connectivity index (χ3v) is 2.67. The first-order valence-electron chi connectivity index (χ1n) is 6.91. The van der Waals surface area contributed by atoms with Gasteiger partial charge in [-0.2, -0.15) is 0 Å². The first kappa shape index (κ1) is 16.2. The molecule has 4 heteroatoms. The molecule has 0 saturated carbocycles. The van der Waals surface area contributed by atoms with Gasteiger partial charge in [-0.05, 0) is 19.3 Å². The van der Waals surface area contributed by atoms with E-state index in [9.17, 15) is 9.90 Å². The van der Waals surface area contributed by atoms with E-state index < -0.39 is 0 Å². The number of unbranched alkanes of at least 4 members (excludes halogenated alkanes) is 6. The first-order valence-corrected chi connectivity index (χ1v) is 6.91. The highest BCUT2D eigenvalue weighted by Crippen LogP contribution is 1.98. The summed E-state index contributed by atoms with van der Waals surface area (Å²) in [6.07, 6.45) is 8.42. The topological polar surface area (TPSA) is 61.0 Å². The Morgan fingerprint density at radius 3 is 1.88 bits per heavy atom. The van der Waals surface area contributed by atoms with Gasteiger partial charge in [0, 0.05) is 13.1 Å². The molecule has 17 heavy (non-hydrogen) atoms. The van der Waals surface area contributed by atoms with Crippen LogP contribution in [0.1, 0.15) is 58.3 Å². The fraction of sp³-hybridized carbons (Fsp3) is 0.923. The van der Waals surface area contributed by atoms with Crippen LogP contribution in [0.4, 0.5) is 4.79 Å². The van der Waals surface area contributed by atoms with Crippen LogP contribution in [0.2, 0.25) is 0 Å². The number of rotatable bonds is 11. The van der Waals surface area contributed by atoms with Crippen molar-refractivity contribution in [2.24, 2.45) is 0 Å². The molecule has 4 nitrogen and oxygen atoms in total. The third-order valence-electron chi connectivity index (χ3n) is 2.67. The number of hydrogen-bond acceptors (Lipinski definition) is 1. The van der Waals surface area contributed by atoms with Crippen molar-refractivity contribution in [3.05, 3.63) is 0 Å². The Kier molecular flexibility index (Phi) is 12.7. The van der Waals surface area contributed by atoms with Gasteiger partial charge in [0.15, 0.2) is 0 Å². The van der Waals surface area contributed by atoms with Crippen molar-refractivity contribution in [3.8, 4) is 0 Å². The molecule has 0 aliphatic heterocycles. The largest absolute Gasteiger partial charge is 0.338 e. The quantitative estimate of drug-likeness (QED) is 0.539. The standard InChI is InChI=1S/C13H27N2O2/c1-2-3-4-7-10-14-13(17)15-11-8-5-6-9-12-16/h2-12H2,1H3,(H2,14,15,17). The molecule has 0 fully saturated rings. The summed E-state index contributed by atoms with van der Waals surface area (Å²) in [6, 6.07) is -0.0645. The Morgan fingerprint density at radius 1 is 0.824 bits per heavy atom. The number of amides is 2. The van der Waals surface area contributed by atoms with Gasteiger partial charge in [-0.3, -0.25) is 0 Å². The van der Waals surface area contributed by atoms with Gasteiger partial charge in [0.2, 0.25) is 0 Å². The first-order chi connectivity index (χ1) is 8.31. The lowest BCUT2D eigenvalue weighted by Crippen LogP contribution is -2.36. The summed E-state index contributed by atoms with van der Waals surface area (Å²) in [6.45, 7) is 3.67. The van der Waals surface area contributed by atoms with Crippen LogP contribution in [0.25, 0.3) is 0 Å². The van der Waals surface area contributed by atoms with Crippen LogP contribution in [0.3, 0.4) is 0 Å². The normalized spacial score (nSPS) is 10.2. The summed E-state index contributed by atoms with van der Waals surface area (Å²) in [5.41, 5.74) is 0. The van der Waals surface area contributed by atoms with Gasteiger partial charge in [0.1, 0.15) is 0 Å². The van der Waals surface area contributed by atoms with E-state index in [0.717, 1.165) is 38.6 Å². The monoisotopic (exact) mass is 243 g/mol. The molecule has 0 bridgehead atoms. The van der Waals surface area contributed by atoms with Crippen molar-refractivity contribution in [3.63, 3.8) is 0 Å². The average Bonchev–Trinajstić information content (AvgIpc) is 2.33. The van der Waals surface area contributed by atoms with Gasteiger partial charge < -0.3 is 10.6 Å². The van der Waals surface area contributed by atoms with Crippen LogP contribution in [0, 0.1) is 0 Å². The number of nitrogens with one attached hydrogen (secondary N) is 2. The lowest BCUT2D eigenvalue weighted by atomic mass is 10.2. The van der Waals surface area contributed by atoms with Crippen molar-refractivity contribution in [2.45, 2.75) is 58.3 Å². The second-order valence-electron chi connectivity index (χ2n) is 4.36. The van der Waals surface area contributed by atoms with Crippen molar-refractivity contribution in [1.29, 1.82) is 0 Å². The van der Waals surface area contributed by atoms with Gasteiger partial charge in [0.05, 0.1) is 6.61 Å². The van der Waals surface area contributed by atoms with Crippen molar-refractivity contribution >= 4 is 6.03 Å². The highest BCUT2D eigenvalue weighted by Gasteiger charge is 1.98. The smallest absolute Gasteiger partial charge is 0.314 e. The summed E-state index contributed by atoms with van der Waals surface area (Å²) in [5.74, 6) is 0. The van der Waals surface area contributed by atoms with Crippen LogP contribution in [0.5, 0.6) is 0 Å². The Balaban J connectivity index is 3.12. The molecular weight excluding hydrogens is 216 g/mol. The molecule has 0 atom stereocenters. The molecule has 0 rings (SSSR count). The maximum absolute atomic E-state index is 11.3. The van der Waals surface area contributed by atoms with E-state index in [1.807, 2.05) is 0 Å². The van der Waals surface area contributed by atoms with Crippen LogP contribution in [0.15, 0.2) is 0 Å². The Morgan fingerprint density at radius 2 is 1.35 bits per heavy atom. The average molecular weight is 243 g/mol. The molecule has 0 aliphatic carbocycles. The van der Waals surface area contributed by atoms with E-state index in [4.69, 9.17) is 0 Å². The third kappa shape index (κ3) is 13.2. The van der Waals surface area contributed by atoms with Gasteiger partial charge in [-0.15, -0.1) is 0 Å². The Hall–Kier alpha value is -0.770. The van der Waals surface area contributed by atoms with Crippen molar-refractivity contribution in [2.75, 3.05) is 19.7 Å². The van der Waals surface area contributed by atoms with Crippen LogP contribution >= 0.6 is 0 Å². The van der Waals surface area contributed by atoms with E-state index in [1.54, 1.807) is 0 Å². The molecule has 101 valence electrons. The Labute approximate surface area is 105 Å². The number of carbonyl (C=O) groups is 1. The summed E-state index contributed by atoms with van der Waals surface area (Å²) in [5, 5.41) is 15.9. The van der Waals surface area contributed by atoms with Gasteiger partial charge >= 0.3 is 6.03 Å².